The van der Waals surface area contributed by atoms with Crippen LogP contribution >= 0.6 is 11.6 Å². The van der Waals surface area contributed by atoms with Crippen molar-refractivity contribution >= 4 is 23.2 Å². The Bertz CT molecular complexity index is 797. The van der Waals surface area contributed by atoms with Crippen LogP contribution in [0.15, 0.2) is 35.1 Å². The number of aromatic nitrogens is 2. The molecule has 1 saturated carbocycles. The van der Waals surface area contributed by atoms with E-state index in [1.54, 1.807) is 6.07 Å². The van der Waals surface area contributed by atoms with E-state index in [0.29, 0.717) is 5.56 Å². The van der Waals surface area contributed by atoms with Gasteiger partial charge in [0.05, 0.1) is 0 Å². The smallest absolute Gasteiger partial charge is 0.270 e. The lowest BCUT2D eigenvalue weighted by Gasteiger charge is -2.11. The van der Waals surface area contributed by atoms with E-state index in [1.807, 2.05) is 31.2 Å². The third kappa shape index (κ3) is 3.62. The van der Waals surface area contributed by atoms with Gasteiger partial charge in [-0.15, -0.1) is 0 Å². The summed E-state index contributed by atoms with van der Waals surface area (Å²) in [7, 11) is 0. The molecule has 6 heteroatoms. The quantitative estimate of drug-likeness (QED) is 0.916. The molecule has 0 aliphatic heterocycles. The van der Waals surface area contributed by atoms with Crippen LogP contribution in [0.2, 0.25) is 5.15 Å². The average molecular weight is 332 g/mol. The Labute approximate surface area is 139 Å². The number of aryl methyl sites for hydroxylation is 1. The molecule has 3 rings (SSSR count). The highest BCUT2D eigenvalue weighted by molar-refractivity contribution is 6.29. The fourth-order valence-electron chi connectivity index (χ4n) is 2.60. The number of para-hydroxylation sites is 1. The number of halogens is 1. The third-order valence-corrected chi connectivity index (χ3v) is 4.14. The summed E-state index contributed by atoms with van der Waals surface area (Å²) in [6.45, 7) is 1.88. The molecule has 0 radical (unpaired) electrons. The van der Waals surface area contributed by atoms with Crippen LogP contribution in [-0.4, -0.2) is 15.7 Å². The van der Waals surface area contributed by atoms with Gasteiger partial charge in [-0.05, 0) is 42.9 Å². The van der Waals surface area contributed by atoms with Gasteiger partial charge in [0.2, 0.25) is 5.91 Å². The lowest BCUT2D eigenvalue weighted by atomic mass is 10.1. The van der Waals surface area contributed by atoms with Gasteiger partial charge < -0.3 is 5.32 Å². The molecule has 1 aromatic carbocycles. The van der Waals surface area contributed by atoms with Crippen molar-refractivity contribution in [2.75, 3.05) is 5.32 Å². The molecule has 1 N–H and O–H groups in total. The standard InChI is InChI=1S/C17H18ClN3O2/c1-2-11-5-3-4-6-14(11)19-16(22)10-21-17(23)13(12-7-8-12)9-15(18)20-21/h3-6,9,12H,2,7-8,10H2,1H3,(H,19,22). The van der Waals surface area contributed by atoms with Gasteiger partial charge in [-0.1, -0.05) is 36.7 Å². The second-order valence-electron chi connectivity index (χ2n) is 5.72. The second kappa shape index (κ2) is 6.54. The summed E-state index contributed by atoms with van der Waals surface area (Å²) in [4.78, 5) is 24.6. The molecule has 1 aliphatic carbocycles. The van der Waals surface area contributed by atoms with E-state index in [0.717, 1.165) is 35.2 Å². The maximum absolute atomic E-state index is 12.4. The highest BCUT2D eigenvalue weighted by Gasteiger charge is 2.28. The number of benzene rings is 1. The maximum Gasteiger partial charge on any atom is 0.270 e. The predicted molar refractivity (Wildman–Crippen MR) is 89.9 cm³/mol. The van der Waals surface area contributed by atoms with Crippen molar-refractivity contribution in [1.29, 1.82) is 0 Å². The molecular weight excluding hydrogens is 314 g/mol. The van der Waals surface area contributed by atoms with Crippen molar-refractivity contribution in [2.24, 2.45) is 0 Å². The Kier molecular flexibility index (Phi) is 4.48. The Morgan fingerprint density at radius 1 is 1.39 bits per heavy atom. The van der Waals surface area contributed by atoms with Gasteiger partial charge in [0.25, 0.3) is 5.56 Å². The minimum atomic E-state index is -0.287. The number of anilines is 1. The van der Waals surface area contributed by atoms with Crippen molar-refractivity contribution in [3.63, 3.8) is 0 Å². The summed E-state index contributed by atoms with van der Waals surface area (Å²) in [6.07, 6.45) is 2.80. The second-order valence-corrected chi connectivity index (χ2v) is 6.11. The monoisotopic (exact) mass is 331 g/mol. The molecule has 5 nitrogen and oxygen atoms in total. The van der Waals surface area contributed by atoms with Gasteiger partial charge in [-0.25, -0.2) is 4.68 Å². The van der Waals surface area contributed by atoms with E-state index in [-0.39, 0.29) is 29.1 Å². The van der Waals surface area contributed by atoms with E-state index in [9.17, 15) is 9.59 Å². The van der Waals surface area contributed by atoms with Gasteiger partial charge in [0, 0.05) is 11.3 Å². The number of rotatable bonds is 5. The first-order valence-electron chi connectivity index (χ1n) is 7.73. The van der Waals surface area contributed by atoms with Crippen LogP contribution in [-0.2, 0) is 17.8 Å². The minimum absolute atomic E-state index is 0.142. The molecule has 1 heterocycles. The van der Waals surface area contributed by atoms with Gasteiger partial charge in [-0.2, -0.15) is 5.10 Å². The number of amides is 1. The summed E-state index contributed by atoms with van der Waals surface area (Å²) < 4.78 is 1.15. The van der Waals surface area contributed by atoms with Crippen LogP contribution in [0, 0.1) is 0 Å². The molecule has 1 aliphatic rings. The summed E-state index contributed by atoms with van der Waals surface area (Å²) >= 11 is 5.98. The number of hydrogen-bond donors (Lipinski definition) is 1. The summed E-state index contributed by atoms with van der Waals surface area (Å²) in [5, 5.41) is 7.06. The van der Waals surface area contributed by atoms with Crippen LogP contribution in [0.1, 0.15) is 36.8 Å². The highest BCUT2D eigenvalue weighted by atomic mass is 35.5. The van der Waals surface area contributed by atoms with Crippen molar-refractivity contribution in [3.05, 3.63) is 57.0 Å². The zero-order valence-corrected chi connectivity index (χ0v) is 13.6. The van der Waals surface area contributed by atoms with Crippen molar-refractivity contribution < 1.29 is 4.79 Å². The molecule has 23 heavy (non-hydrogen) atoms. The lowest BCUT2D eigenvalue weighted by Crippen LogP contribution is -2.31. The molecule has 1 fully saturated rings. The van der Waals surface area contributed by atoms with Crippen LogP contribution < -0.4 is 10.9 Å². The topological polar surface area (TPSA) is 64.0 Å². The first-order valence-corrected chi connectivity index (χ1v) is 8.11. The summed E-state index contributed by atoms with van der Waals surface area (Å²) in [5.41, 5.74) is 2.24. The first kappa shape index (κ1) is 15.7. The molecule has 1 aromatic heterocycles. The zero-order chi connectivity index (χ0) is 16.4. The molecular formula is C17H18ClN3O2. The lowest BCUT2D eigenvalue weighted by molar-refractivity contribution is -0.117. The Balaban J connectivity index is 1.79. The predicted octanol–water partition coefficient (Wildman–Crippen LogP) is 2.98. The Morgan fingerprint density at radius 2 is 2.13 bits per heavy atom. The van der Waals surface area contributed by atoms with Crippen molar-refractivity contribution in [3.8, 4) is 0 Å². The van der Waals surface area contributed by atoms with Gasteiger partial charge >= 0.3 is 0 Å². The fourth-order valence-corrected chi connectivity index (χ4v) is 2.81. The molecule has 0 bridgehead atoms. The third-order valence-electron chi connectivity index (χ3n) is 3.96. The molecule has 2 aromatic rings. The fraction of sp³-hybridized carbons (Fsp3) is 0.353. The Morgan fingerprint density at radius 3 is 2.83 bits per heavy atom. The molecule has 0 atom stereocenters. The highest BCUT2D eigenvalue weighted by Crippen LogP contribution is 2.38. The molecule has 120 valence electrons. The number of carbonyl (C=O) groups excluding carboxylic acids is 1. The van der Waals surface area contributed by atoms with E-state index in [2.05, 4.69) is 10.4 Å². The van der Waals surface area contributed by atoms with Crippen molar-refractivity contribution in [1.82, 2.24) is 9.78 Å². The number of nitrogens with one attached hydrogen (secondary N) is 1. The normalized spacial score (nSPS) is 13.8. The van der Waals surface area contributed by atoms with Crippen LogP contribution in [0.3, 0.4) is 0 Å². The average Bonchev–Trinajstić information content (AvgIpc) is 3.35. The van der Waals surface area contributed by atoms with Crippen LogP contribution in [0.25, 0.3) is 0 Å². The Hall–Kier alpha value is -2.14. The number of nitrogens with zero attached hydrogens (tertiary/aromatic N) is 2. The van der Waals surface area contributed by atoms with Crippen molar-refractivity contribution in [2.45, 2.75) is 38.6 Å². The van der Waals surface area contributed by atoms with E-state index in [1.165, 1.54) is 0 Å². The van der Waals surface area contributed by atoms with Crippen LogP contribution in [0.4, 0.5) is 5.69 Å². The largest absolute Gasteiger partial charge is 0.324 e. The van der Waals surface area contributed by atoms with Gasteiger partial charge in [0.15, 0.2) is 0 Å². The van der Waals surface area contributed by atoms with Crippen LogP contribution in [0.5, 0.6) is 0 Å². The zero-order valence-electron chi connectivity index (χ0n) is 12.9. The molecule has 0 saturated heterocycles. The van der Waals surface area contributed by atoms with E-state index in [4.69, 9.17) is 11.6 Å². The number of hydrogen-bond acceptors (Lipinski definition) is 3. The molecule has 0 unspecified atom stereocenters. The van der Waals surface area contributed by atoms with Gasteiger partial charge in [-0.3, -0.25) is 9.59 Å². The summed E-state index contributed by atoms with van der Waals surface area (Å²) in [5.74, 6) is -0.0253. The maximum atomic E-state index is 12.4. The summed E-state index contributed by atoms with van der Waals surface area (Å²) in [6, 6.07) is 9.22. The van der Waals surface area contributed by atoms with Gasteiger partial charge in [0.1, 0.15) is 11.7 Å². The molecule has 0 spiro atoms. The minimum Gasteiger partial charge on any atom is -0.324 e. The van der Waals surface area contributed by atoms with E-state index >= 15 is 0 Å². The molecule has 1 amide bonds. The first-order chi connectivity index (χ1) is 11.1. The van der Waals surface area contributed by atoms with E-state index < -0.39 is 0 Å². The SMILES string of the molecule is CCc1ccccc1NC(=O)Cn1nc(Cl)cc(C2CC2)c1=O. The number of carbonyl (C=O) groups is 1.